The second-order valence-corrected chi connectivity index (χ2v) is 10.0. The zero-order chi connectivity index (χ0) is 23.0. The normalized spacial score (nSPS) is 12.5. The van der Waals surface area contributed by atoms with Crippen molar-refractivity contribution in [2.75, 3.05) is 24.2 Å². The maximum absolute atomic E-state index is 12.5. The van der Waals surface area contributed by atoms with Crippen molar-refractivity contribution >= 4 is 21.6 Å². The predicted molar refractivity (Wildman–Crippen MR) is 126 cm³/mol. The van der Waals surface area contributed by atoms with E-state index in [2.05, 4.69) is 43.4 Å². The fraction of sp³-hybridized carbons (Fsp3) is 0.458. The summed E-state index contributed by atoms with van der Waals surface area (Å²) < 4.78 is 30.3. The summed E-state index contributed by atoms with van der Waals surface area (Å²) in [4.78, 5) is 12.5. The zero-order valence-corrected chi connectivity index (χ0v) is 19.9. The Bertz CT molecular complexity index is 939. The van der Waals surface area contributed by atoms with Crippen LogP contribution in [0.2, 0.25) is 0 Å². The molecule has 1 amide bonds. The summed E-state index contributed by atoms with van der Waals surface area (Å²) in [5.41, 5.74) is 3.13. The SMILES string of the molecule is CC[C@H](Oc1ccc(N(C)S(C)(=O)=O)cc1)C(=O)NCCCc1ccc(C(C)C)cc1. The molecule has 0 aromatic heterocycles. The van der Waals surface area contributed by atoms with Gasteiger partial charge in [0.05, 0.1) is 11.9 Å². The minimum atomic E-state index is -3.32. The highest BCUT2D eigenvalue weighted by Gasteiger charge is 2.18. The molecule has 2 rings (SSSR count). The number of ether oxygens (including phenoxy) is 1. The average molecular weight is 447 g/mol. The van der Waals surface area contributed by atoms with E-state index in [1.54, 1.807) is 24.3 Å². The fourth-order valence-electron chi connectivity index (χ4n) is 3.10. The number of sulfonamides is 1. The largest absolute Gasteiger partial charge is 0.481 e. The summed E-state index contributed by atoms with van der Waals surface area (Å²) in [5.74, 6) is 0.906. The molecule has 1 atom stereocenters. The van der Waals surface area contributed by atoms with Gasteiger partial charge in [0.1, 0.15) is 5.75 Å². The van der Waals surface area contributed by atoms with Crippen LogP contribution in [-0.4, -0.2) is 40.3 Å². The molecule has 0 saturated carbocycles. The molecule has 0 aliphatic carbocycles. The zero-order valence-electron chi connectivity index (χ0n) is 19.1. The first-order valence-electron chi connectivity index (χ1n) is 10.7. The fourth-order valence-corrected chi connectivity index (χ4v) is 3.60. The molecule has 0 aliphatic rings. The molecule has 0 spiro atoms. The van der Waals surface area contributed by atoms with Crippen LogP contribution in [0.25, 0.3) is 0 Å². The van der Waals surface area contributed by atoms with E-state index in [1.165, 1.54) is 22.5 Å². The molecule has 0 bridgehead atoms. The Morgan fingerprint density at radius 3 is 2.19 bits per heavy atom. The molecule has 2 aromatic rings. The second-order valence-electron chi connectivity index (χ2n) is 8.03. The van der Waals surface area contributed by atoms with Crippen LogP contribution in [0.4, 0.5) is 5.69 Å². The van der Waals surface area contributed by atoms with Gasteiger partial charge >= 0.3 is 0 Å². The lowest BCUT2D eigenvalue weighted by Crippen LogP contribution is -2.38. The molecule has 0 unspecified atom stereocenters. The van der Waals surface area contributed by atoms with Gasteiger partial charge in [0.15, 0.2) is 6.10 Å². The van der Waals surface area contributed by atoms with Gasteiger partial charge < -0.3 is 10.1 Å². The van der Waals surface area contributed by atoms with Crippen molar-refractivity contribution in [1.82, 2.24) is 5.32 Å². The molecule has 31 heavy (non-hydrogen) atoms. The summed E-state index contributed by atoms with van der Waals surface area (Å²) in [6, 6.07) is 15.3. The van der Waals surface area contributed by atoms with Gasteiger partial charge in [-0.15, -0.1) is 0 Å². The van der Waals surface area contributed by atoms with Crippen molar-refractivity contribution in [1.29, 1.82) is 0 Å². The number of benzene rings is 2. The van der Waals surface area contributed by atoms with Gasteiger partial charge in [0.2, 0.25) is 10.0 Å². The average Bonchev–Trinajstić information content (AvgIpc) is 2.74. The van der Waals surface area contributed by atoms with Gasteiger partial charge in [-0.25, -0.2) is 8.42 Å². The quantitative estimate of drug-likeness (QED) is 0.527. The highest BCUT2D eigenvalue weighted by Crippen LogP contribution is 2.21. The van der Waals surface area contributed by atoms with E-state index >= 15 is 0 Å². The monoisotopic (exact) mass is 446 g/mol. The standard InChI is InChI=1S/C24H34N2O4S/c1-6-23(30-22-15-13-21(14-16-22)26(4)31(5,28)29)24(27)25-17-7-8-19-9-11-20(12-10-19)18(2)3/h9-16,18,23H,6-8,17H2,1-5H3,(H,25,27)/t23-/m0/s1. The Balaban J connectivity index is 1.82. The maximum atomic E-state index is 12.5. The van der Waals surface area contributed by atoms with Crippen LogP contribution in [0.1, 0.15) is 50.7 Å². The second kappa shape index (κ2) is 11.2. The molecule has 7 heteroatoms. The van der Waals surface area contributed by atoms with Gasteiger partial charge in [-0.05, 0) is 60.6 Å². The number of nitrogens with zero attached hydrogens (tertiary/aromatic N) is 1. The van der Waals surface area contributed by atoms with Gasteiger partial charge in [0, 0.05) is 13.6 Å². The number of nitrogens with one attached hydrogen (secondary N) is 1. The van der Waals surface area contributed by atoms with E-state index in [-0.39, 0.29) is 5.91 Å². The van der Waals surface area contributed by atoms with E-state index in [1.807, 2.05) is 6.92 Å². The van der Waals surface area contributed by atoms with Crippen molar-refractivity contribution in [2.24, 2.45) is 0 Å². The van der Waals surface area contributed by atoms with E-state index < -0.39 is 16.1 Å². The Morgan fingerprint density at radius 2 is 1.68 bits per heavy atom. The molecule has 2 aromatic carbocycles. The number of carbonyl (C=O) groups is 1. The number of hydrogen-bond acceptors (Lipinski definition) is 4. The first-order valence-corrected chi connectivity index (χ1v) is 12.5. The van der Waals surface area contributed by atoms with Crippen molar-refractivity contribution < 1.29 is 17.9 Å². The topological polar surface area (TPSA) is 75.7 Å². The third-order valence-corrected chi connectivity index (χ3v) is 6.43. The molecule has 0 heterocycles. The van der Waals surface area contributed by atoms with E-state index in [4.69, 9.17) is 4.74 Å². The van der Waals surface area contributed by atoms with Gasteiger partial charge in [-0.2, -0.15) is 0 Å². The number of hydrogen-bond donors (Lipinski definition) is 1. The molecular formula is C24H34N2O4S. The number of rotatable bonds is 11. The maximum Gasteiger partial charge on any atom is 0.261 e. The highest BCUT2D eigenvalue weighted by atomic mass is 32.2. The number of aryl methyl sites for hydroxylation is 1. The summed E-state index contributed by atoms with van der Waals surface area (Å²) in [7, 11) is -1.83. The first kappa shape index (κ1) is 24.7. The lowest BCUT2D eigenvalue weighted by atomic mass is 10.0. The molecular weight excluding hydrogens is 412 g/mol. The number of carbonyl (C=O) groups excluding carboxylic acids is 1. The number of amides is 1. The molecule has 6 nitrogen and oxygen atoms in total. The molecule has 0 fully saturated rings. The minimum Gasteiger partial charge on any atom is -0.481 e. The third kappa shape index (κ3) is 7.58. The van der Waals surface area contributed by atoms with Crippen LogP contribution >= 0.6 is 0 Å². The van der Waals surface area contributed by atoms with Crippen molar-refractivity contribution in [3.8, 4) is 5.75 Å². The van der Waals surface area contributed by atoms with Gasteiger partial charge in [-0.3, -0.25) is 9.10 Å². The van der Waals surface area contributed by atoms with Crippen LogP contribution in [0.5, 0.6) is 5.75 Å². The third-order valence-electron chi connectivity index (χ3n) is 5.23. The summed E-state index contributed by atoms with van der Waals surface area (Å²) in [5, 5.41) is 2.95. The lowest BCUT2D eigenvalue weighted by Gasteiger charge is -2.19. The van der Waals surface area contributed by atoms with Crippen molar-refractivity contribution in [3.63, 3.8) is 0 Å². The molecule has 170 valence electrons. The minimum absolute atomic E-state index is 0.144. The highest BCUT2D eigenvalue weighted by molar-refractivity contribution is 7.92. The van der Waals surface area contributed by atoms with Crippen LogP contribution in [0.3, 0.4) is 0 Å². The molecule has 0 saturated heterocycles. The Labute approximate surface area is 186 Å². The predicted octanol–water partition coefficient (Wildman–Crippen LogP) is 4.11. The number of anilines is 1. The van der Waals surface area contributed by atoms with E-state index in [0.717, 1.165) is 19.1 Å². The van der Waals surface area contributed by atoms with Crippen LogP contribution in [-0.2, 0) is 21.2 Å². The van der Waals surface area contributed by atoms with Gasteiger partial charge in [0.25, 0.3) is 5.91 Å². The first-order chi connectivity index (χ1) is 14.6. The smallest absolute Gasteiger partial charge is 0.261 e. The Hall–Kier alpha value is -2.54. The van der Waals surface area contributed by atoms with Gasteiger partial charge in [-0.1, -0.05) is 45.0 Å². The van der Waals surface area contributed by atoms with Crippen LogP contribution < -0.4 is 14.4 Å². The Kier molecular flexibility index (Phi) is 8.92. The Morgan fingerprint density at radius 1 is 1.06 bits per heavy atom. The summed E-state index contributed by atoms with van der Waals surface area (Å²) in [6.45, 7) is 6.84. The molecule has 0 radical (unpaired) electrons. The summed E-state index contributed by atoms with van der Waals surface area (Å²) >= 11 is 0. The van der Waals surface area contributed by atoms with E-state index in [9.17, 15) is 13.2 Å². The van der Waals surface area contributed by atoms with Crippen molar-refractivity contribution in [3.05, 3.63) is 59.7 Å². The molecule has 0 aliphatic heterocycles. The van der Waals surface area contributed by atoms with Crippen molar-refractivity contribution in [2.45, 2.75) is 52.1 Å². The van der Waals surface area contributed by atoms with Crippen LogP contribution in [0.15, 0.2) is 48.5 Å². The lowest BCUT2D eigenvalue weighted by molar-refractivity contribution is -0.128. The molecule has 1 N–H and O–H groups in total. The summed E-state index contributed by atoms with van der Waals surface area (Å²) in [6.07, 6.45) is 2.86. The van der Waals surface area contributed by atoms with E-state index in [0.29, 0.717) is 30.3 Å². The van der Waals surface area contributed by atoms with Crippen LogP contribution in [0, 0.1) is 0 Å².